The van der Waals surface area contributed by atoms with E-state index in [1.165, 1.54) is 11.3 Å². The standard InChI is InChI=1S/C24H22N2O4S/c1-16-9-11-18(12-10-16)26-22(28)14-19(23(26)20-8-5-13-31-20)24(29)30-15-21(27)25-17-6-3-2-4-7-17/h2-13,19,23H,14-15H2,1H3,(H,25,27). The van der Waals surface area contributed by atoms with Crippen molar-refractivity contribution in [3.05, 3.63) is 82.6 Å². The lowest BCUT2D eigenvalue weighted by atomic mass is 9.99. The Hall–Kier alpha value is -3.45. The van der Waals surface area contributed by atoms with Gasteiger partial charge < -0.3 is 15.0 Å². The van der Waals surface area contributed by atoms with E-state index in [4.69, 9.17) is 4.74 Å². The van der Waals surface area contributed by atoms with Crippen LogP contribution in [0.15, 0.2) is 72.1 Å². The van der Waals surface area contributed by atoms with Gasteiger partial charge in [0, 0.05) is 22.7 Å². The van der Waals surface area contributed by atoms with Gasteiger partial charge in [0.25, 0.3) is 5.91 Å². The number of ether oxygens (including phenoxy) is 1. The van der Waals surface area contributed by atoms with Crippen molar-refractivity contribution in [3.63, 3.8) is 0 Å². The number of thiophene rings is 1. The van der Waals surface area contributed by atoms with E-state index in [2.05, 4.69) is 5.32 Å². The minimum absolute atomic E-state index is 0.0373. The van der Waals surface area contributed by atoms with Crippen molar-refractivity contribution in [2.75, 3.05) is 16.8 Å². The number of rotatable bonds is 6. The lowest BCUT2D eigenvalue weighted by Crippen LogP contribution is -2.31. The van der Waals surface area contributed by atoms with E-state index in [1.54, 1.807) is 29.2 Å². The number of esters is 1. The summed E-state index contributed by atoms with van der Waals surface area (Å²) in [6, 6.07) is 19.9. The first kappa shape index (κ1) is 20.8. The number of benzene rings is 2. The fourth-order valence-corrected chi connectivity index (χ4v) is 4.58. The molecule has 31 heavy (non-hydrogen) atoms. The minimum Gasteiger partial charge on any atom is -0.455 e. The van der Waals surface area contributed by atoms with Gasteiger partial charge in [0.15, 0.2) is 6.61 Å². The molecule has 0 spiro atoms. The molecule has 3 aromatic rings. The zero-order valence-corrected chi connectivity index (χ0v) is 17.8. The summed E-state index contributed by atoms with van der Waals surface area (Å²) in [5.41, 5.74) is 2.45. The number of nitrogens with one attached hydrogen (secondary N) is 1. The molecule has 1 saturated heterocycles. The van der Waals surface area contributed by atoms with Crippen LogP contribution < -0.4 is 10.2 Å². The normalized spacial score (nSPS) is 18.1. The van der Waals surface area contributed by atoms with E-state index >= 15 is 0 Å². The summed E-state index contributed by atoms with van der Waals surface area (Å²) in [5, 5.41) is 4.60. The van der Waals surface area contributed by atoms with E-state index in [0.717, 1.165) is 16.1 Å². The molecule has 2 unspecified atom stereocenters. The van der Waals surface area contributed by atoms with E-state index in [0.29, 0.717) is 5.69 Å². The highest BCUT2D eigenvalue weighted by Gasteiger charge is 2.46. The number of anilines is 2. The first-order chi connectivity index (χ1) is 15.0. The van der Waals surface area contributed by atoms with Gasteiger partial charge in [0.05, 0.1) is 12.0 Å². The average Bonchev–Trinajstić information content (AvgIpc) is 3.41. The van der Waals surface area contributed by atoms with Crippen LogP contribution >= 0.6 is 11.3 Å². The molecule has 1 fully saturated rings. The Morgan fingerprint density at radius 3 is 2.48 bits per heavy atom. The SMILES string of the molecule is Cc1ccc(N2C(=O)CC(C(=O)OCC(=O)Nc3ccccc3)C2c2cccs2)cc1. The van der Waals surface area contributed by atoms with Gasteiger partial charge in [-0.3, -0.25) is 14.4 Å². The number of aryl methyl sites for hydroxylation is 1. The third-order valence-electron chi connectivity index (χ3n) is 5.18. The second-order valence-corrected chi connectivity index (χ2v) is 8.37. The fourth-order valence-electron chi connectivity index (χ4n) is 3.70. The Labute approximate surface area is 184 Å². The Kier molecular flexibility index (Phi) is 6.13. The van der Waals surface area contributed by atoms with Crippen LogP contribution in [-0.2, 0) is 19.1 Å². The topological polar surface area (TPSA) is 75.7 Å². The molecule has 2 atom stereocenters. The molecule has 1 aromatic heterocycles. The van der Waals surface area contributed by atoms with Gasteiger partial charge in [-0.15, -0.1) is 11.3 Å². The summed E-state index contributed by atoms with van der Waals surface area (Å²) in [5.74, 6) is -1.80. The van der Waals surface area contributed by atoms with Gasteiger partial charge in [-0.2, -0.15) is 0 Å². The third kappa shape index (κ3) is 4.67. The number of carbonyl (C=O) groups excluding carboxylic acids is 3. The minimum atomic E-state index is -0.683. The van der Waals surface area contributed by atoms with Crippen molar-refractivity contribution >= 4 is 40.5 Å². The molecule has 6 nitrogen and oxygen atoms in total. The third-order valence-corrected chi connectivity index (χ3v) is 6.12. The van der Waals surface area contributed by atoms with E-state index in [1.807, 2.05) is 54.8 Å². The molecule has 4 rings (SSSR count). The van der Waals surface area contributed by atoms with Crippen molar-refractivity contribution in [2.24, 2.45) is 5.92 Å². The number of amides is 2. The highest BCUT2D eigenvalue weighted by molar-refractivity contribution is 7.10. The highest BCUT2D eigenvalue weighted by atomic mass is 32.1. The molecule has 2 aromatic carbocycles. The molecule has 158 valence electrons. The molecular formula is C24H22N2O4S. The second-order valence-electron chi connectivity index (χ2n) is 7.39. The molecule has 1 aliphatic heterocycles. The molecule has 2 amide bonds. The van der Waals surface area contributed by atoms with Crippen LogP contribution in [0, 0.1) is 12.8 Å². The molecule has 7 heteroatoms. The Morgan fingerprint density at radius 2 is 1.81 bits per heavy atom. The first-order valence-electron chi connectivity index (χ1n) is 9.96. The smallest absolute Gasteiger partial charge is 0.312 e. The summed E-state index contributed by atoms with van der Waals surface area (Å²) in [4.78, 5) is 40.5. The van der Waals surface area contributed by atoms with Crippen molar-refractivity contribution in [3.8, 4) is 0 Å². The number of nitrogens with zero attached hydrogens (tertiary/aromatic N) is 1. The van der Waals surface area contributed by atoms with Crippen molar-refractivity contribution in [2.45, 2.75) is 19.4 Å². The Morgan fingerprint density at radius 1 is 1.06 bits per heavy atom. The lowest BCUT2D eigenvalue weighted by molar-refractivity contribution is -0.152. The quantitative estimate of drug-likeness (QED) is 0.586. The van der Waals surface area contributed by atoms with Gasteiger partial charge in [-0.1, -0.05) is 42.0 Å². The van der Waals surface area contributed by atoms with Crippen LogP contribution in [-0.4, -0.2) is 24.4 Å². The maximum Gasteiger partial charge on any atom is 0.312 e. The van der Waals surface area contributed by atoms with Crippen LogP contribution in [0.1, 0.15) is 22.9 Å². The number of hydrogen-bond donors (Lipinski definition) is 1. The molecule has 1 aliphatic rings. The average molecular weight is 435 g/mol. The molecular weight excluding hydrogens is 412 g/mol. The number of carbonyl (C=O) groups is 3. The van der Waals surface area contributed by atoms with Crippen LogP contribution in [0.25, 0.3) is 0 Å². The number of hydrogen-bond acceptors (Lipinski definition) is 5. The summed E-state index contributed by atoms with van der Waals surface area (Å²) >= 11 is 1.49. The van der Waals surface area contributed by atoms with E-state index < -0.39 is 30.4 Å². The van der Waals surface area contributed by atoms with Crippen molar-refractivity contribution in [1.82, 2.24) is 0 Å². The highest BCUT2D eigenvalue weighted by Crippen LogP contribution is 2.43. The van der Waals surface area contributed by atoms with Crippen molar-refractivity contribution in [1.29, 1.82) is 0 Å². The monoisotopic (exact) mass is 434 g/mol. The van der Waals surface area contributed by atoms with Crippen LogP contribution in [0.3, 0.4) is 0 Å². The largest absolute Gasteiger partial charge is 0.455 e. The summed E-state index contributed by atoms with van der Waals surface area (Å²) in [6.07, 6.45) is 0.0373. The van der Waals surface area contributed by atoms with Crippen LogP contribution in [0.5, 0.6) is 0 Å². The number of para-hydroxylation sites is 1. The van der Waals surface area contributed by atoms with Gasteiger partial charge in [0.1, 0.15) is 0 Å². The second kappa shape index (κ2) is 9.14. The molecule has 0 bridgehead atoms. The maximum atomic E-state index is 12.9. The Balaban J connectivity index is 1.49. The summed E-state index contributed by atoms with van der Waals surface area (Å²) in [6.45, 7) is 1.58. The molecule has 0 saturated carbocycles. The molecule has 2 heterocycles. The van der Waals surface area contributed by atoms with Crippen molar-refractivity contribution < 1.29 is 19.1 Å². The molecule has 0 aliphatic carbocycles. The van der Waals surface area contributed by atoms with Gasteiger partial charge in [0.2, 0.25) is 5.91 Å². The van der Waals surface area contributed by atoms with E-state index in [-0.39, 0.29) is 12.3 Å². The summed E-state index contributed by atoms with van der Waals surface area (Å²) < 4.78 is 5.31. The zero-order chi connectivity index (χ0) is 21.8. The molecule has 0 radical (unpaired) electrons. The van der Waals surface area contributed by atoms with E-state index in [9.17, 15) is 14.4 Å². The first-order valence-corrected chi connectivity index (χ1v) is 10.8. The van der Waals surface area contributed by atoms with Gasteiger partial charge in [-0.05, 0) is 42.6 Å². The van der Waals surface area contributed by atoms with Crippen LogP contribution in [0.4, 0.5) is 11.4 Å². The zero-order valence-electron chi connectivity index (χ0n) is 17.0. The van der Waals surface area contributed by atoms with Gasteiger partial charge >= 0.3 is 5.97 Å². The van der Waals surface area contributed by atoms with Gasteiger partial charge in [-0.25, -0.2) is 0 Å². The predicted octanol–water partition coefficient (Wildman–Crippen LogP) is 4.33. The summed E-state index contributed by atoms with van der Waals surface area (Å²) in [7, 11) is 0. The fraction of sp³-hybridized carbons (Fsp3) is 0.208. The predicted molar refractivity (Wildman–Crippen MR) is 120 cm³/mol. The lowest BCUT2D eigenvalue weighted by Gasteiger charge is -2.27. The molecule has 1 N–H and O–H groups in total. The Bertz CT molecular complexity index is 1060. The van der Waals surface area contributed by atoms with Crippen LogP contribution in [0.2, 0.25) is 0 Å². The maximum absolute atomic E-state index is 12.9.